The van der Waals surface area contributed by atoms with Gasteiger partial charge in [0, 0.05) is 18.3 Å². The molecule has 0 aromatic heterocycles. The van der Waals surface area contributed by atoms with E-state index < -0.39 is 18.7 Å². The molecule has 2 N–H and O–H groups in total. The van der Waals surface area contributed by atoms with Crippen molar-refractivity contribution in [1.82, 2.24) is 5.32 Å². The minimum atomic E-state index is -4.40. The van der Waals surface area contributed by atoms with Crippen molar-refractivity contribution in [2.24, 2.45) is 0 Å². The molecule has 0 saturated heterocycles. The van der Waals surface area contributed by atoms with E-state index in [0.29, 0.717) is 11.3 Å². The molecule has 5 nitrogen and oxygen atoms in total. The predicted molar refractivity (Wildman–Crippen MR) is 70.0 cm³/mol. The summed E-state index contributed by atoms with van der Waals surface area (Å²) in [4.78, 5) is 22.8. The highest BCUT2D eigenvalue weighted by molar-refractivity contribution is 5.95. The molecule has 0 bridgehead atoms. The monoisotopic (exact) mass is 304 g/mol. The van der Waals surface area contributed by atoms with Crippen molar-refractivity contribution in [2.75, 3.05) is 25.6 Å². The van der Waals surface area contributed by atoms with Crippen LogP contribution in [-0.2, 0) is 9.53 Å². The van der Waals surface area contributed by atoms with Crippen molar-refractivity contribution in [3.63, 3.8) is 0 Å². The molecule has 21 heavy (non-hydrogen) atoms. The van der Waals surface area contributed by atoms with Crippen LogP contribution in [0.5, 0.6) is 0 Å². The van der Waals surface area contributed by atoms with E-state index in [-0.39, 0.29) is 18.9 Å². The summed E-state index contributed by atoms with van der Waals surface area (Å²) in [5.41, 5.74) is 0.882. The van der Waals surface area contributed by atoms with E-state index in [0.717, 1.165) is 0 Å². The Balaban J connectivity index is 2.36. The number of rotatable bonds is 6. The topological polar surface area (TPSA) is 67.4 Å². The third-order valence-electron chi connectivity index (χ3n) is 2.40. The zero-order valence-corrected chi connectivity index (χ0v) is 11.3. The Kier molecular flexibility index (Phi) is 6.16. The molecule has 0 unspecified atom stereocenters. The van der Waals surface area contributed by atoms with Gasteiger partial charge in [0.25, 0.3) is 5.91 Å². The third kappa shape index (κ3) is 6.75. The van der Waals surface area contributed by atoms with Crippen molar-refractivity contribution >= 4 is 17.5 Å². The van der Waals surface area contributed by atoms with Crippen molar-refractivity contribution < 1.29 is 27.5 Å². The first kappa shape index (κ1) is 17.0. The van der Waals surface area contributed by atoms with Gasteiger partial charge in [0.2, 0.25) is 5.91 Å². The van der Waals surface area contributed by atoms with Crippen molar-refractivity contribution in [1.29, 1.82) is 0 Å². The molecule has 1 aromatic rings. The minimum absolute atomic E-state index is 0.187. The maximum Gasteiger partial charge on any atom is 0.411 e. The van der Waals surface area contributed by atoms with Crippen LogP contribution in [0.3, 0.4) is 0 Å². The van der Waals surface area contributed by atoms with Crippen LogP contribution < -0.4 is 10.6 Å². The zero-order valence-electron chi connectivity index (χ0n) is 11.3. The first-order chi connectivity index (χ1) is 9.81. The number of carbonyl (C=O) groups is 2. The molecule has 0 aliphatic heterocycles. The second-order valence-corrected chi connectivity index (χ2v) is 4.12. The quantitative estimate of drug-likeness (QED) is 0.789. The summed E-state index contributed by atoms with van der Waals surface area (Å²) in [7, 11) is 1.50. The first-order valence-electron chi connectivity index (χ1n) is 6.08. The molecule has 0 atom stereocenters. The normalized spacial score (nSPS) is 11.0. The number of hydrogen-bond donors (Lipinski definition) is 2. The molecular formula is C13H15F3N2O3. The van der Waals surface area contributed by atoms with Crippen LogP contribution in [0.2, 0.25) is 0 Å². The lowest BCUT2D eigenvalue weighted by Gasteiger charge is -2.08. The average Bonchev–Trinajstić information content (AvgIpc) is 2.42. The van der Waals surface area contributed by atoms with Gasteiger partial charge in [-0.2, -0.15) is 13.2 Å². The summed E-state index contributed by atoms with van der Waals surface area (Å²) in [5, 5.41) is 4.95. The van der Waals surface area contributed by atoms with Crippen molar-refractivity contribution in [3.8, 4) is 0 Å². The molecule has 0 aliphatic carbocycles. The van der Waals surface area contributed by atoms with E-state index in [1.165, 1.54) is 31.3 Å². The predicted octanol–water partition coefficient (Wildman–Crippen LogP) is 1.95. The number of benzene rings is 1. The van der Waals surface area contributed by atoms with E-state index in [2.05, 4.69) is 15.4 Å². The number of nitrogens with one attached hydrogen (secondary N) is 2. The lowest BCUT2D eigenvalue weighted by molar-refractivity contribution is -0.174. The van der Waals surface area contributed by atoms with Gasteiger partial charge in [-0.25, -0.2) is 0 Å². The van der Waals surface area contributed by atoms with E-state index >= 15 is 0 Å². The van der Waals surface area contributed by atoms with Gasteiger partial charge in [0.1, 0.15) is 6.61 Å². The average molecular weight is 304 g/mol. The SMILES string of the molecule is CNC(=O)c1ccc(NC(=O)CCOCC(F)(F)F)cc1. The molecule has 1 rings (SSSR count). The number of alkyl halides is 3. The molecule has 116 valence electrons. The summed E-state index contributed by atoms with van der Waals surface area (Å²) in [6, 6.07) is 6.10. The molecule has 0 radical (unpaired) electrons. The maximum absolute atomic E-state index is 11.8. The molecule has 0 heterocycles. The Hall–Kier alpha value is -2.09. The zero-order chi connectivity index (χ0) is 15.9. The standard InChI is InChI=1S/C13H15F3N2O3/c1-17-12(20)9-2-4-10(5-3-9)18-11(19)6-7-21-8-13(14,15)16/h2-5H,6-8H2,1H3,(H,17,20)(H,18,19). The number of carbonyl (C=O) groups excluding carboxylic acids is 2. The molecule has 2 amide bonds. The fourth-order valence-corrected chi connectivity index (χ4v) is 1.43. The van der Waals surface area contributed by atoms with Crippen LogP contribution in [0.4, 0.5) is 18.9 Å². The second-order valence-electron chi connectivity index (χ2n) is 4.12. The van der Waals surface area contributed by atoms with Crippen molar-refractivity contribution in [2.45, 2.75) is 12.6 Å². The lowest BCUT2D eigenvalue weighted by atomic mass is 10.2. The van der Waals surface area contributed by atoms with Crippen LogP contribution in [0.1, 0.15) is 16.8 Å². The van der Waals surface area contributed by atoms with Crippen LogP contribution in [0.15, 0.2) is 24.3 Å². The van der Waals surface area contributed by atoms with Gasteiger partial charge in [0.15, 0.2) is 0 Å². The number of amides is 2. The van der Waals surface area contributed by atoms with E-state index in [9.17, 15) is 22.8 Å². The highest BCUT2D eigenvalue weighted by Gasteiger charge is 2.27. The van der Waals surface area contributed by atoms with Crippen LogP contribution in [-0.4, -0.2) is 38.3 Å². The Morgan fingerprint density at radius 3 is 2.33 bits per heavy atom. The number of halogens is 3. The van der Waals surface area contributed by atoms with Gasteiger partial charge in [-0.1, -0.05) is 0 Å². The van der Waals surface area contributed by atoms with E-state index in [1.807, 2.05) is 0 Å². The number of hydrogen-bond acceptors (Lipinski definition) is 3. The smallest absolute Gasteiger partial charge is 0.372 e. The van der Waals surface area contributed by atoms with Crippen LogP contribution in [0, 0.1) is 0 Å². The van der Waals surface area contributed by atoms with Gasteiger partial charge >= 0.3 is 6.18 Å². The summed E-state index contributed by atoms with van der Waals surface area (Å²) in [6.45, 7) is -1.69. The van der Waals surface area contributed by atoms with Gasteiger partial charge in [-0.15, -0.1) is 0 Å². The fourth-order valence-electron chi connectivity index (χ4n) is 1.43. The van der Waals surface area contributed by atoms with E-state index in [4.69, 9.17) is 0 Å². The first-order valence-corrected chi connectivity index (χ1v) is 6.08. The summed E-state index contributed by atoms with van der Waals surface area (Å²) in [6.07, 6.45) is -4.58. The van der Waals surface area contributed by atoms with Gasteiger partial charge < -0.3 is 15.4 Å². The fraction of sp³-hybridized carbons (Fsp3) is 0.385. The maximum atomic E-state index is 11.8. The molecule has 0 aliphatic rings. The Morgan fingerprint density at radius 1 is 1.19 bits per heavy atom. The third-order valence-corrected chi connectivity index (χ3v) is 2.40. The Bertz CT molecular complexity index is 486. The molecule has 0 saturated carbocycles. The largest absolute Gasteiger partial charge is 0.411 e. The number of ether oxygens (including phenoxy) is 1. The summed E-state index contributed by atoms with van der Waals surface area (Å²) >= 11 is 0. The highest BCUT2D eigenvalue weighted by atomic mass is 19.4. The van der Waals surface area contributed by atoms with Crippen LogP contribution in [0.25, 0.3) is 0 Å². The van der Waals surface area contributed by atoms with Gasteiger partial charge in [0.05, 0.1) is 13.0 Å². The molecule has 0 spiro atoms. The Morgan fingerprint density at radius 2 is 1.81 bits per heavy atom. The Labute approximate surface area is 119 Å². The lowest BCUT2D eigenvalue weighted by Crippen LogP contribution is -2.20. The van der Waals surface area contributed by atoms with Crippen LogP contribution >= 0.6 is 0 Å². The van der Waals surface area contributed by atoms with Crippen molar-refractivity contribution in [3.05, 3.63) is 29.8 Å². The molecule has 1 aromatic carbocycles. The molecular weight excluding hydrogens is 289 g/mol. The summed E-state index contributed by atoms with van der Waals surface area (Å²) < 4.78 is 39.7. The van der Waals surface area contributed by atoms with Gasteiger partial charge in [-0.05, 0) is 24.3 Å². The summed E-state index contributed by atoms with van der Waals surface area (Å²) in [5.74, 6) is -0.724. The second kappa shape index (κ2) is 7.63. The van der Waals surface area contributed by atoms with Gasteiger partial charge in [-0.3, -0.25) is 9.59 Å². The molecule has 0 fully saturated rings. The number of anilines is 1. The van der Waals surface area contributed by atoms with E-state index in [1.54, 1.807) is 0 Å². The minimum Gasteiger partial charge on any atom is -0.372 e. The highest BCUT2D eigenvalue weighted by Crippen LogP contribution is 2.14. The molecule has 8 heteroatoms.